The smallest absolute Gasteiger partial charge is 0.337 e. The first kappa shape index (κ1) is 24.6. The molecule has 1 N–H and O–H groups in total. The van der Waals surface area contributed by atoms with Crippen LogP contribution >= 0.6 is 0 Å². The van der Waals surface area contributed by atoms with Gasteiger partial charge in [0, 0.05) is 30.9 Å². The van der Waals surface area contributed by atoms with Crippen molar-refractivity contribution >= 4 is 27.4 Å². The van der Waals surface area contributed by atoms with E-state index in [1.807, 2.05) is 49.4 Å². The summed E-state index contributed by atoms with van der Waals surface area (Å²) in [5, 5.41) is 2.91. The van der Waals surface area contributed by atoms with Gasteiger partial charge in [-0.15, -0.1) is 0 Å². The van der Waals surface area contributed by atoms with Crippen molar-refractivity contribution in [1.29, 1.82) is 0 Å². The quantitative estimate of drug-likeness (QED) is 0.524. The molecular weight excluding hydrogens is 464 g/mol. The Kier molecular flexibility index (Phi) is 7.33. The molecule has 8 heteroatoms. The van der Waals surface area contributed by atoms with E-state index in [-0.39, 0.29) is 17.4 Å². The molecule has 3 aromatic carbocycles. The fraction of sp³-hybridized carbons (Fsp3) is 0.259. The summed E-state index contributed by atoms with van der Waals surface area (Å²) in [5.41, 5.74) is 5.57. The first-order chi connectivity index (χ1) is 16.7. The minimum Gasteiger partial charge on any atom is -0.465 e. The van der Waals surface area contributed by atoms with Crippen molar-refractivity contribution in [2.24, 2.45) is 0 Å². The van der Waals surface area contributed by atoms with E-state index < -0.39 is 15.8 Å². The average molecular weight is 493 g/mol. The number of anilines is 1. The molecule has 1 aliphatic rings. The third kappa shape index (κ3) is 6.15. The van der Waals surface area contributed by atoms with Gasteiger partial charge in [-0.3, -0.25) is 9.69 Å². The fourth-order valence-corrected chi connectivity index (χ4v) is 5.32. The molecular formula is C27H28N2O5S. The van der Waals surface area contributed by atoms with Crippen molar-refractivity contribution in [2.45, 2.75) is 13.5 Å². The SMILES string of the molecule is COC(=O)c1ccc(C)c(-c2ccc(C(=O)Nc3ccc(CN4CCS(=O)(=O)CC4)cc3)cc2)c1. The number of aryl methyl sites for hydroxylation is 1. The predicted molar refractivity (Wildman–Crippen MR) is 136 cm³/mol. The van der Waals surface area contributed by atoms with Crippen molar-refractivity contribution in [3.05, 3.63) is 89.0 Å². The van der Waals surface area contributed by atoms with Crippen molar-refractivity contribution in [3.63, 3.8) is 0 Å². The predicted octanol–water partition coefficient (Wildman–Crippen LogP) is 3.93. The zero-order chi connectivity index (χ0) is 25.0. The number of nitrogens with zero attached hydrogens (tertiary/aromatic N) is 1. The van der Waals surface area contributed by atoms with Gasteiger partial charge in [0.15, 0.2) is 9.84 Å². The molecule has 1 amide bonds. The highest BCUT2D eigenvalue weighted by molar-refractivity contribution is 7.91. The number of ether oxygens (including phenoxy) is 1. The molecule has 1 fully saturated rings. The highest BCUT2D eigenvalue weighted by Gasteiger charge is 2.21. The normalized spacial score (nSPS) is 15.4. The van der Waals surface area contributed by atoms with Crippen LogP contribution in [0.3, 0.4) is 0 Å². The number of carbonyl (C=O) groups excluding carboxylic acids is 2. The lowest BCUT2D eigenvalue weighted by molar-refractivity contribution is 0.0600. The summed E-state index contributed by atoms with van der Waals surface area (Å²) in [6.45, 7) is 3.74. The average Bonchev–Trinajstić information content (AvgIpc) is 2.86. The highest BCUT2D eigenvalue weighted by atomic mass is 32.2. The van der Waals surface area contributed by atoms with Crippen molar-refractivity contribution < 1.29 is 22.7 Å². The topological polar surface area (TPSA) is 92.8 Å². The first-order valence-electron chi connectivity index (χ1n) is 11.4. The van der Waals surface area contributed by atoms with E-state index in [2.05, 4.69) is 10.2 Å². The molecule has 0 radical (unpaired) electrons. The molecule has 0 bridgehead atoms. The molecule has 7 nitrogen and oxygen atoms in total. The molecule has 0 aliphatic carbocycles. The minimum absolute atomic E-state index is 0.205. The van der Waals surface area contributed by atoms with Gasteiger partial charge >= 0.3 is 5.97 Å². The fourth-order valence-electron chi connectivity index (χ4n) is 4.04. The van der Waals surface area contributed by atoms with Crippen molar-refractivity contribution in [3.8, 4) is 11.1 Å². The van der Waals surface area contributed by atoms with Crippen molar-refractivity contribution in [2.75, 3.05) is 37.0 Å². The van der Waals surface area contributed by atoms with E-state index >= 15 is 0 Å². The number of hydrogen-bond donors (Lipinski definition) is 1. The largest absolute Gasteiger partial charge is 0.465 e. The van der Waals surface area contributed by atoms with Crippen LogP contribution in [-0.4, -0.2) is 56.9 Å². The van der Waals surface area contributed by atoms with Crippen molar-refractivity contribution in [1.82, 2.24) is 4.90 Å². The van der Waals surface area contributed by atoms with Crippen LogP contribution in [0.1, 0.15) is 31.8 Å². The van der Waals surface area contributed by atoms with E-state index in [0.717, 1.165) is 22.3 Å². The number of carbonyl (C=O) groups is 2. The summed E-state index contributed by atoms with van der Waals surface area (Å²) in [4.78, 5) is 26.7. The maximum absolute atomic E-state index is 12.7. The molecule has 0 aromatic heterocycles. The van der Waals surface area contributed by atoms with Crippen LogP contribution in [0.15, 0.2) is 66.7 Å². The Morgan fingerprint density at radius 1 is 0.914 bits per heavy atom. The second-order valence-electron chi connectivity index (χ2n) is 8.68. The standard InChI is InChI=1S/C27H28N2O5S/c1-19-3-6-23(27(31)34-2)17-25(19)21-7-9-22(10-8-21)26(30)28-24-11-4-20(5-12-24)18-29-13-15-35(32,33)16-14-29/h3-12,17H,13-16,18H2,1-2H3,(H,28,30). The van der Waals surface area contributed by atoms with Gasteiger partial charge in [0.1, 0.15) is 0 Å². The molecule has 1 heterocycles. The van der Waals surface area contributed by atoms with E-state index in [9.17, 15) is 18.0 Å². The summed E-state index contributed by atoms with van der Waals surface area (Å²) >= 11 is 0. The van der Waals surface area contributed by atoms with Crippen LogP contribution in [0, 0.1) is 6.92 Å². The summed E-state index contributed by atoms with van der Waals surface area (Å²) < 4.78 is 28.0. The maximum Gasteiger partial charge on any atom is 0.337 e. The van der Waals surface area contributed by atoms with E-state index in [1.165, 1.54) is 7.11 Å². The van der Waals surface area contributed by atoms with Gasteiger partial charge in [0.2, 0.25) is 0 Å². The second kappa shape index (κ2) is 10.4. The van der Waals surface area contributed by atoms with Gasteiger partial charge in [-0.1, -0.05) is 30.3 Å². The zero-order valence-corrected chi connectivity index (χ0v) is 20.6. The third-order valence-electron chi connectivity index (χ3n) is 6.17. The highest BCUT2D eigenvalue weighted by Crippen LogP contribution is 2.26. The van der Waals surface area contributed by atoms with E-state index in [0.29, 0.717) is 36.4 Å². The number of esters is 1. The third-order valence-corrected chi connectivity index (χ3v) is 7.78. The Morgan fingerprint density at radius 2 is 1.54 bits per heavy atom. The maximum atomic E-state index is 12.7. The number of rotatable bonds is 6. The Balaban J connectivity index is 1.39. The number of amides is 1. The molecule has 182 valence electrons. The molecule has 4 rings (SSSR count). The summed E-state index contributed by atoms with van der Waals surface area (Å²) in [6.07, 6.45) is 0. The number of nitrogens with one attached hydrogen (secondary N) is 1. The molecule has 0 unspecified atom stereocenters. The lowest BCUT2D eigenvalue weighted by Gasteiger charge is -2.26. The number of benzene rings is 3. The number of sulfone groups is 1. The lowest BCUT2D eigenvalue weighted by atomic mass is 9.97. The van der Waals surface area contributed by atoms with Crippen LogP contribution in [0.4, 0.5) is 5.69 Å². The van der Waals surface area contributed by atoms with Gasteiger partial charge < -0.3 is 10.1 Å². The first-order valence-corrected chi connectivity index (χ1v) is 13.2. The van der Waals surface area contributed by atoms with Gasteiger partial charge in [0.05, 0.1) is 24.2 Å². The molecule has 3 aromatic rings. The second-order valence-corrected chi connectivity index (χ2v) is 11.0. The molecule has 35 heavy (non-hydrogen) atoms. The summed E-state index contributed by atoms with van der Waals surface area (Å²) in [5.74, 6) is -0.199. The Bertz CT molecular complexity index is 1320. The summed E-state index contributed by atoms with van der Waals surface area (Å²) in [7, 11) is -1.54. The molecule has 1 aliphatic heterocycles. The minimum atomic E-state index is -2.89. The molecule has 1 saturated heterocycles. The van der Waals surface area contributed by atoms with Crippen LogP contribution in [0.2, 0.25) is 0 Å². The molecule has 0 saturated carbocycles. The Labute approximate surface area is 205 Å². The summed E-state index contributed by atoms with van der Waals surface area (Å²) in [6, 6.07) is 20.2. The van der Waals surface area contributed by atoms with Crippen LogP contribution in [0.5, 0.6) is 0 Å². The van der Waals surface area contributed by atoms with Crippen LogP contribution in [-0.2, 0) is 21.1 Å². The zero-order valence-electron chi connectivity index (χ0n) is 19.8. The monoisotopic (exact) mass is 492 g/mol. The molecule has 0 spiro atoms. The van der Waals surface area contributed by atoms with Gasteiger partial charge in [0.25, 0.3) is 5.91 Å². The Hall–Kier alpha value is -3.49. The lowest BCUT2D eigenvalue weighted by Crippen LogP contribution is -2.39. The van der Waals surface area contributed by atoms with E-state index in [1.54, 1.807) is 24.3 Å². The van der Waals surface area contributed by atoms with Gasteiger partial charge in [-0.25, -0.2) is 13.2 Å². The van der Waals surface area contributed by atoms with Crippen LogP contribution < -0.4 is 5.32 Å². The number of hydrogen-bond acceptors (Lipinski definition) is 6. The van der Waals surface area contributed by atoms with E-state index in [4.69, 9.17) is 4.74 Å². The Morgan fingerprint density at radius 3 is 2.17 bits per heavy atom. The van der Waals surface area contributed by atoms with Gasteiger partial charge in [-0.05, 0) is 65.6 Å². The number of methoxy groups -OCH3 is 1. The van der Waals surface area contributed by atoms with Gasteiger partial charge in [-0.2, -0.15) is 0 Å². The van der Waals surface area contributed by atoms with Crippen LogP contribution in [0.25, 0.3) is 11.1 Å². The molecule has 0 atom stereocenters.